The highest BCUT2D eigenvalue weighted by molar-refractivity contribution is 7.58. The number of anilines is 1. The molecular formula is C20H26N3O7P. The molecule has 0 aliphatic carbocycles. The number of ether oxygens (including phenoxy) is 2. The van der Waals surface area contributed by atoms with Gasteiger partial charge in [0, 0.05) is 24.9 Å². The molecule has 1 unspecified atom stereocenters. The Balaban J connectivity index is 1.94. The van der Waals surface area contributed by atoms with Gasteiger partial charge < -0.3 is 19.1 Å². The van der Waals surface area contributed by atoms with Crippen molar-refractivity contribution in [3.05, 3.63) is 64.2 Å². The Labute approximate surface area is 180 Å². The van der Waals surface area contributed by atoms with E-state index in [9.17, 15) is 19.5 Å². The zero-order valence-electron chi connectivity index (χ0n) is 17.7. The molecule has 0 heterocycles. The highest BCUT2D eigenvalue weighted by Gasteiger charge is 2.28. The fourth-order valence-corrected chi connectivity index (χ4v) is 3.81. The lowest BCUT2D eigenvalue weighted by molar-refractivity contribution is -0.384. The van der Waals surface area contributed by atoms with Crippen molar-refractivity contribution in [3.8, 4) is 5.75 Å². The van der Waals surface area contributed by atoms with Crippen LogP contribution in [0, 0.1) is 10.1 Å². The number of nitro groups is 1. The molecule has 0 aliphatic rings. The molecule has 2 rings (SSSR count). The molecule has 0 amide bonds. The SMILES string of the molecule is COP(=O)(Nc1ccc(COc2ccc([N+](=O)[O-])cc2)cc1)N[C@@H](C)C(=O)OC(C)C. The largest absolute Gasteiger partial charge is 0.489 e. The summed E-state index contributed by atoms with van der Waals surface area (Å²) in [4.78, 5) is 22.2. The van der Waals surface area contributed by atoms with Crippen LogP contribution in [0.5, 0.6) is 5.75 Å². The van der Waals surface area contributed by atoms with Crippen LogP contribution >= 0.6 is 7.67 Å². The third-order valence-electron chi connectivity index (χ3n) is 4.01. The maximum absolute atomic E-state index is 12.9. The molecule has 2 aromatic carbocycles. The number of nitrogens with zero attached hydrogens (tertiary/aromatic N) is 1. The summed E-state index contributed by atoms with van der Waals surface area (Å²) in [5, 5.41) is 16.1. The summed E-state index contributed by atoms with van der Waals surface area (Å²) >= 11 is 0. The first-order valence-electron chi connectivity index (χ1n) is 9.50. The molecule has 0 bridgehead atoms. The molecule has 0 aliphatic heterocycles. The van der Waals surface area contributed by atoms with Crippen LogP contribution in [-0.4, -0.2) is 30.1 Å². The van der Waals surface area contributed by atoms with Crippen LogP contribution in [0.1, 0.15) is 26.3 Å². The Morgan fingerprint density at radius 2 is 1.71 bits per heavy atom. The molecule has 10 nitrogen and oxygen atoms in total. The number of esters is 1. The standard InChI is InChI=1S/C20H26N3O7P/c1-14(2)30-20(24)15(3)21-31(27,28-4)22-17-7-5-16(6-8-17)13-29-19-11-9-18(10-12-19)23(25)26/h5-12,14-15H,13H2,1-4H3,(H2,21,22,27)/t15-,31?/m0/s1. The summed E-state index contributed by atoms with van der Waals surface area (Å²) in [5.41, 5.74) is 1.34. The van der Waals surface area contributed by atoms with Crippen molar-refractivity contribution in [1.29, 1.82) is 0 Å². The normalized spacial score (nSPS) is 13.8. The monoisotopic (exact) mass is 451 g/mol. The molecule has 168 valence electrons. The van der Waals surface area contributed by atoms with Gasteiger partial charge in [-0.15, -0.1) is 0 Å². The number of rotatable bonds is 11. The van der Waals surface area contributed by atoms with Crippen molar-refractivity contribution in [2.45, 2.75) is 39.5 Å². The first-order chi connectivity index (χ1) is 14.6. The highest BCUT2D eigenvalue weighted by atomic mass is 31.2. The fourth-order valence-electron chi connectivity index (χ4n) is 2.45. The van der Waals surface area contributed by atoms with Crippen molar-refractivity contribution in [1.82, 2.24) is 5.09 Å². The van der Waals surface area contributed by atoms with Gasteiger partial charge in [0.05, 0.1) is 11.0 Å². The van der Waals surface area contributed by atoms with Crippen molar-refractivity contribution in [2.24, 2.45) is 0 Å². The molecule has 2 atom stereocenters. The molecule has 2 aromatic rings. The van der Waals surface area contributed by atoms with Crippen molar-refractivity contribution < 1.29 is 28.3 Å². The van der Waals surface area contributed by atoms with Gasteiger partial charge in [-0.25, -0.2) is 9.65 Å². The topological polar surface area (TPSA) is 129 Å². The van der Waals surface area contributed by atoms with E-state index < -0.39 is 24.6 Å². The van der Waals surface area contributed by atoms with E-state index in [0.29, 0.717) is 11.4 Å². The number of carbonyl (C=O) groups is 1. The van der Waals surface area contributed by atoms with E-state index in [0.717, 1.165) is 5.56 Å². The Kier molecular flexibility index (Phi) is 8.56. The zero-order chi connectivity index (χ0) is 23.0. The summed E-state index contributed by atoms with van der Waals surface area (Å²) in [6.07, 6.45) is -0.285. The third-order valence-corrected chi connectivity index (χ3v) is 5.80. The summed E-state index contributed by atoms with van der Waals surface area (Å²) in [6.45, 7) is 5.24. The second-order valence-electron chi connectivity index (χ2n) is 6.92. The fraction of sp³-hybridized carbons (Fsp3) is 0.350. The molecule has 0 saturated carbocycles. The summed E-state index contributed by atoms with van der Waals surface area (Å²) < 4.78 is 28.7. The Bertz CT molecular complexity index is 933. The van der Waals surface area contributed by atoms with Gasteiger partial charge in [-0.05, 0) is 50.6 Å². The van der Waals surface area contributed by atoms with Gasteiger partial charge >= 0.3 is 13.6 Å². The third kappa shape index (κ3) is 7.67. The van der Waals surface area contributed by atoms with Crippen molar-refractivity contribution in [2.75, 3.05) is 12.2 Å². The predicted molar refractivity (Wildman–Crippen MR) is 116 cm³/mol. The van der Waals surface area contributed by atoms with Gasteiger partial charge in [0.1, 0.15) is 18.4 Å². The molecule has 0 fully saturated rings. The van der Waals surface area contributed by atoms with E-state index in [1.807, 2.05) is 0 Å². The van der Waals surface area contributed by atoms with E-state index in [1.54, 1.807) is 38.1 Å². The summed E-state index contributed by atoms with van der Waals surface area (Å²) in [7, 11) is -2.28. The summed E-state index contributed by atoms with van der Waals surface area (Å²) in [5.74, 6) is -0.0315. The molecule has 0 spiro atoms. The van der Waals surface area contributed by atoms with Crippen LogP contribution in [0.2, 0.25) is 0 Å². The van der Waals surface area contributed by atoms with Crippen LogP contribution in [0.25, 0.3) is 0 Å². The molecule has 2 N–H and O–H groups in total. The molecule has 0 aromatic heterocycles. The van der Waals surface area contributed by atoms with Gasteiger partial charge in [0.15, 0.2) is 0 Å². The number of nitro benzene ring substituents is 1. The first-order valence-corrected chi connectivity index (χ1v) is 11.1. The summed E-state index contributed by atoms with van der Waals surface area (Å²) in [6, 6.07) is 11.9. The maximum atomic E-state index is 12.9. The Hall–Kier alpha value is -2.94. The number of hydrogen-bond donors (Lipinski definition) is 2. The quantitative estimate of drug-likeness (QED) is 0.223. The van der Waals surface area contributed by atoms with Crippen molar-refractivity contribution >= 4 is 25.0 Å². The minimum Gasteiger partial charge on any atom is -0.489 e. The van der Waals surface area contributed by atoms with E-state index >= 15 is 0 Å². The van der Waals surface area contributed by atoms with Crippen LogP contribution in [0.15, 0.2) is 48.5 Å². The van der Waals surface area contributed by atoms with E-state index in [1.165, 1.54) is 38.3 Å². The van der Waals surface area contributed by atoms with Crippen LogP contribution in [-0.2, 0) is 25.2 Å². The lowest BCUT2D eigenvalue weighted by Crippen LogP contribution is -2.36. The van der Waals surface area contributed by atoms with Crippen LogP contribution in [0.3, 0.4) is 0 Å². The molecule has 0 radical (unpaired) electrons. The molecule has 31 heavy (non-hydrogen) atoms. The second-order valence-corrected chi connectivity index (χ2v) is 8.87. The van der Waals surface area contributed by atoms with Crippen LogP contribution < -0.4 is 14.9 Å². The smallest absolute Gasteiger partial charge is 0.366 e. The Morgan fingerprint density at radius 3 is 2.23 bits per heavy atom. The molecule has 11 heteroatoms. The number of nitrogens with one attached hydrogen (secondary N) is 2. The number of hydrogen-bond acceptors (Lipinski definition) is 7. The van der Waals surface area contributed by atoms with E-state index in [2.05, 4.69) is 10.2 Å². The average Bonchev–Trinajstić information content (AvgIpc) is 2.73. The lowest BCUT2D eigenvalue weighted by atomic mass is 10.2. The minimum atomic E-state index is -3.55. The maximum Gasteiger partial charge on any atom is 0.366 e. The van der Waals surface area contributed by atoms with Gasteiger partial charge in [-0.2, -0.15) is 0 Å². The lowest BCUT2D eigenvalue weighted by Gasteiger charge is -2.23. The Morgan fingerprint density at radius 1 is 1.10 bits per heavy atom. The van der Waals surface area contributed by atoms with E-state index in [-0.39, 0.29) is 18.4 Å². The van der Waals surface area contributed by atoms with E-state index in [4.69, 9.17) is 14.0 Å². The minimum absolute atomic E-state index is 0.00857. The van der Waals surface area contributed by atoms with Gasteiger partial charge in [-0.1, -0.05) is 12.1 Å². The molecule has 0 saturated heterocycles. The molecular weight excluding hydrogens is 425 g/mol. The first kappa shape index (κ1) is 24.3. The number of non-ortho nitro benzene ring substituents is 1. The average molecular weight is 451 g/mol. The van der Waals surface area contributed by atoms with Gasteiger partial charge in [-0.3, -0.25) is 14.9 Å². The zero-order valence-corrected chi connectivity index (χ0v) is 18.6. The van der Waals surface area contributed by atoms with Crippen LogP contribution in [0.4, 0.5) is 11.4 Å². The highest BCUT2D eigenvalue weighted by Crippen LogP contribution is 2.42. The predicted octanol–water partition coefficient (Wildman–Crippen LogP) is 4.27. The second kappa shape index (κ2) is 10.9. The number of carbonyl (C=O) groups excluding carboxylic acids is 1. The van der Waals surface area contributed by atoms with Gasteiger partial charge in [0.25, 0.3) is 5.69 Å². The number of benzene rings is 2. The van der Waals surface area contributed by atoms with Crippen molar-refractivity contribution in [3.63, 3.8) is 0 Å². The van der Waals surface area contributed by atoms with Gasteiger partial charge in [0.2, 0.25) is 0 Å².